The third-order valence-corrected chi connectivity index (χ3v) is 3.09. The van der Waals surface area contributed by atoms with Crippen LogP contribution in [0.25, 0.3) is 0 Å². The molecule has 0 spiro atoms. The zero-order chi connectivity index (χ0) is 15.0. The van der Waals surface area contributed by atoms with Crippen molar-refractivity contribution >= 4 is 5.84 Å². The summed E-state index contributed by atoms with van der Waals surface area (Å²) in [4.78, 5) is 0. The molecule has 0 radical (unpaired) electrons. The highest BCUT2D eigenvalue weighted by molar-refractivity contribution is 6.00. The van der Waals surface area contributed by atoms with E-state index in [-0.39, 0.29) is 12.6 Å². The van der Waals surface area contributed by atoms with Gasteiger partial charge >= 0.3 is 0 Å². The van der Waals surface area contributed by atoms with E-state index >= 15 is 0 Å². The van der Waals surface area contributed by atoms with Crippen LogP contribution in [0.1, 0.15) is 11.3 Å². The largest absolute Gasteiger partial charge is 0.454 e. The molecule has 21 heavy (non-hydrogen) atoms. The molecule has 2 heterocycles. The van der Waals surface area contributed by atoms with Crippen LogP contribution in [0.15, 0.2) is 23.4 Å². The second kappa shape index (κ2) is 4.89. The number of nitrogens with two attached hydrogens (primary N) is 1. The van der Waals surface area contributed by atoms with Gasteiger partial charge in [0.1, 0.15) is 11.3 Å². The molecule has 0 aliphatic carbocycles. The summed E-state index contributed by atoms with van der Waals surface area (Å²) in [6.07, 6.45) is 0. The Morgan fingerprint density at radius 1 is 1.43 bits per heavy atom. The molecule has 1 aliphatic heterocycles. The summed E-state index contributed by atoms with van der Waals surface area (Å²) >= 11 is 0. The van der Waals surface area contributed by atoms with Crippen LogP contribution < -0.4 is 19.9 Å². The highest BCUT2D eigenvalue weighted by atomic mass is 16.7. The molecule has 0 fully saturated rings. The molecule has 3 rings (SSSR count). The molecule has 0 atom stereocenters. The molecule has 8 nitrogen and oxygen atoms in total. The van der Waals surface area contributed by atoms with Gasteiger partial charge in [0.05, 0.1) is 5.69 Å². The van der Waals surface area contributed by atoms with Crippen molar-refractivity contribution in [2.75, 3.05) is 6.79 Å². The standard InChI is InChI=1S/C13H14N4O4/c1-7-11(12(14)16-18)13(17(2)15-7)21-8-3-4-9-10(5-8)20-6-19-9/h3-5,18H,6H2,1-2H3,(H2,14,16). The lowest BCUT2D eigenvalue weighted by atomic mass is 10.2. The zero-order valence-electron chi connectivity index (χ0n) is 11.5. The molecule has 110 valence electrons. The Balaban J connectivity index is 1.98. The summed E-state index contributed by atoms with van der Waals surface area (Å²) in [5.41, 5.74) is 6.72. The van der Waals surface area contributed by atoms with Gasteiger partial charge in [-0.2, -0.15) is 5.10 Å². The normalized spacial score (nSPS) is 13.5. The van der Waals surface area contributed by atoms with Crippen molar-refractivity contribution in [3.05, 3.63) is 29.5 Å². The summed E-state index contributed by atoms with van der Waals surface area (Å²) in [5, 5.41) is 16.1. The van der Waals surface area contributed by atoms with Crippen LogP contribution in [0.3, 0.4) is 0 Å². The second-order valence-corrected chi connectivity index (χ2v) is 4.49. The van der Waals surface area contributed by atoms with Crippen molar-refractivity contribution in [3.8, 4) is 23.1 Å². The van der Waals surface area contributed by atoms with Crippen LogP contribution >= 0.6 is 0 Å². The number of oxime groups is 1. The van der Waals surface area contributed by atoms with Crippen molar-refractivity contribution in [3.63, 3.8) is 0 Å². The molecule has 0 saturated heterocycles. The van der Waals surface area contributed by atoms with E-state index in [9.17, 15) is 0 Å². The number of ether oxygens (including phenoxy) is 3. The van der Waals surface area contributed by atoms with E-state index in [0.717, 1.165) is 0 Å². The smallest absolute Gasteiger partial charge is 0.231 e. The zero-order valence-corrected chi connectivity index (χ0v) is 11.5. The van der Waals surface area contributed by atoms with Gasteiger partial charge in [-0.3, -0.25) is 0 Å². The summed E-state index contributed by atoms with van der Waals surface area (Å²) in [7, 11) is 1.71. The number of aryl methyl sites for hydroxylation is 2. The monoisotopic (exact) mass is 290 g/mol. The number of nitrogens with zero attached hydrogens (tertiary/aromatic N) is 3. The average Bonchev–Trinajstić information content (AvgIpc) is 3.03. The molecule has 3 N–H and O–H groups in total. The number of benzene rings is 1. The van der Waals surface area contributed by atoms with Crippen LogP contribution in [0.2, 0.25) is 0 Å². The predicted octanol–water partition coefficient (Wildman–Crippen LogP) is 1.34. The maximum absolute atomic E-state index is 8.87. The minimum atomic E-state index is -0.0589. The number of amidine groups is 1. The maximum atomic E-state index is 8.87. The third kappa shape index (κ3) is 2.20. The van der Waals surface area contributed by atoms with Crippen molar-refractivity contribution in [2.24, 2.45) is 17.9 Å². The highest BCUT2D eigenvalue weighted by Crippen LogP contribution is 2.37. The lowest BCUT2D eigenvalue weighted by molar-refractivity contribution is 0.174. The Kier molecular flexibility index (Phi) is 3.05. The first-order valence-corrected chi connectivity index (χ1v) is 6.19. The van der Waals surface area contributed by atoms with E-state index in [1.807, 2.05) is 0 Å². The lowest BCUT2D eigenvalue weighted by Gasteiger charge is -2.08. The van der Waals surface area contributed by atoms with Gasteiger partial charge in [-0.05, 0) is 19.1 Å². The predicted molar refractivity (Wildman–Crippen MR) is 73.1 cm³/mol. The van der Waals surface area contributed by atoms with Gasteiger partial charge in [-0.25, -0.2) is 4.68 Å². The SMILES string of the molecule is Cc1nn(C)c(Oc2ccc3c(c2)OCO3)c1C(N)=NO. The molecule has 0 saturated carbocycles. The molecule has 1 aromatic heterocycles. The Bertz CT molecular complexity index is 723. The fourth-order valence-corrected chi connectivity index (χ4v) is 2.15. The Hall–Kier alpha value is -2.90. The molecular formula is C13H14N4O4. The average molecular weight is 290 g/mol. The van der Waals surface area contributed by atoms with E-state index in [0.29, 0.717) is 34.4 Å². The van der Waals surface area contributed by atoms with Gasteiger partial charge in [-0.15, -0.1) is 0 Å². The number of hydrogen-bond donors (Lipinski definition) is 2. The van der Waals surface area contributed by atoms with Crippen LogP contribution in [0, 0.1) is 6.92 Å². The van der Waals surface area contributed by atoms with Crippen molar-refractivity contribution in [2.45, 2.75) is 6.92 Å². The van der Waals surface area contributed by atoms with Crippen LogP contribution in [-0.2, 0) is 7.05 Å². The number of hydrogen-bond acceptors (Lipinski definition) is 6. The van der Waals surface area contributed by atoms with Gasteiger partial charge in [-0.1, -0.05) is 5.16 Å². The van der Waals surface area contributed by atoms with E-state index in [1.165, 1.54) is 4.68 Å². The summed E-state index contributed by atoms with van der Waals surface area (Å²) in [6.45, 7) is 1.94. The van der Waals surface area contributed by atoms with E-state index < -0.39 is 0 Å². The van der Waals surface area contributed by atoms with Crippen molar-refractivity contribution < 1.29 is 19.4 Å². The first-order valence-electron chi connectivity index (χ1n) is 6.19. The van der Waals surface area contributed by atoms with Gasteiger partial charge in [0.15, 0.2) is 17.3 Å². The highest BCUT2D eigenvalue weighted by Gasteiger charge is 2.21. The van der Waals surface area contributed by atoms with E-state index in [4.69, 9.17) is 25.2 Å². The van der Waals surface area contributed by atoms with Crippen LogP contribution in [0.4, 0.5) is 0 Å². The molecular weight excluding hydrogens is 276 g/mol. The van der Waals surface area contributed by atoms with Gasteiger partial charge < -0.3 is 25.2 Å². The van der Waals surface area contributed by atoms with Crippen molar-refractivity contribution in [1.29, 1.82) is 0 Å². The molecule has 0 amide bonds. The van der Waals surface area contributed by atoms with E-state index in [2.05, 4.69) is 10.3 Å². The first kappa shape index (κ1) is 13.1. The topological polar surface area (TPSA) is 104 Å². The van der Waals surface area contributed by atoms with Gasteiger partial charge in [0.25, 0.3) is 0 Å². The Labute approximate surface area is 120 Å². The fraction of sp³-hybridized carbons (Fsp3) is 0.231. The summed E-state index contributed by atoms with van der Waals surface area (Å²) in [6, 6.07) is 5.21. The fourth-order valence-electron chi connectivity index (χ4n) is 2.15. The van der Waals surface area contributed by atoms with E-state index in [1.54, 1.807) is 32.2 Å². The number of aromatic nitrogens is 2. The summed E-state index contributed by atoms with van der Waals surface area (Å²) < 4.78 is 17.9. The maximum Gasteiger partial charge on any atom is 0.231 e. The van der Waals surface area contributed by atoms with Crippen LogP contribution in [0.5, 0.6) is 23.1 Å². The van der Waals surface area contributed by atoms with Crippen LogP contribution in [-0.4, -0.2) is 27.6 Å². The first-order chi connectivity index (χ1) is 10.1. The number of fused-ring (bicyclic) bond motifs is 1. The Morgan fingerprint density at radius 2 is 2.19 bits per heavy atom. The minimum absolute atomic E-state index is 0.0589. The second-order valence-electron chi connectivity index (χ2n) is 4.49. The van der Waals surface area contributed by atoms with Crippen molar-refractivity contribution in [1.82, 2.24) is 9.78 Å². The Morgan fingerprint density at radius 3 is 2.95 bits per heavy atom. The van der Waals surface area contributed by atoms with Gasteiger partial charge in [0.2, 0.25) is 12.7 Å². The third-order valence-electron chi connectivity index (χ3n) is 3.09. The summed E-state index contributed by atoms with van der Waals surface area (Å²) in [5.74, 6) is 2.13. The van der Waals surface area contributed by atoms with Gasteiger partial charge in [0, 0.05) is 13.1 Å². The molecule has 2 aromatic rings. The molecule has 1 aromatic carbocycles. The molecule has 8 heteroatoms. The molecule has 1 aliphatic rings. The molecule has 0 unspecified atom stereocenters. The molecule has 0 bridgehead atoms. The number of rotatable bonds is 3. The lowest BCUT2D eigenvalue weighted by Crippen LogP contribution is -2.14. The minimum Gasteiger partial charge on any atom is -0.454 e. The quantitative estimate of drug-likeness (QED) is 0.382.